The Balaban J connectivity index is 1.37. The van der Waals surface area contributed by atoms with Crippen LogP contribution in [0.5, 0.6) is 0 Å². The molecule has 3 N–H and O–H groups in total. The normalized spacial score (nSPS) is 24.5. The van der Waals surface area contributed by atoms with E-state index in [9.17, 15) is 33.1 Å². The van der Waals surface area contributed by atoms with Gasteiger partial charge in [0.1, 0.15) is 18.1 Å². The van der Waals surface area contributed by atoms with Gasteiger partial charge in [-0.25, -0.2) is 18.6 Å². The van der Waals surface area contributed by atoms with E-state index in [4.69, 9.17) is 0 Å². The van der Waals surface area contributed by atoms with Crippen LogP contribution in [0.2, 0.25) is 0 Å². The number of benzene rings is 1. The highest BCUT2D eigenvalue weighted by Gasteiger charge is 2.61. The standard InChI is InChI=1S/C33H43F2N5O5/c1-32(2,3)26(30(43)40-19-23-22(25(40)31(44)45)14-15-33(23,34)35)38-28(41)24(21-12-8-5-9-13-21)37-29(42)27-36-16-17-39(27)18-20-10-6-4-7-11-20/h4,6-7,10-11,16-17,21-26H,5,8-9,12-15,18-19H2,1-3H3,(H,37,42)(H,38,41)(H,44,45)/t22-,23-,24?,25-,26+/m0/s1. The summed E-state index contributed by atoms with van der Waals surface area (Å²) < 4.78 is 31.0. The predicted octanol–water partition coefficient (Wildman–Crippen LogP) is 4.10. The molecule has 2 aliphatic carbocycles. The maximum Gasteiger partial charge on any atom is 0.326 e. The highest BCUT2D eigenvalue weighted by molar-refractivity contribution is 5.97. The summed E-state index contributed by atoms with van der Waals surface area (Å²) in [5.74, 6) is -8.33. The zero-order valence-corrected chi connectivity index (χ0v) is 26.0. The maximum atomic E-state index is 14.7. The number of hydrogen-bond acceptors (Lipinski definition) is 5. The van der Waals surface area contributed by atoms with Gasteiger partial charge in [-0.15, -0.1) is 0 Å². The molecule has 1 aliphatic heterocycles. The number of carboxylic acid groups (broad SMARTS) is 1. The Hall–Kier alpha value is -3.83. The van der Waals surface area contributed by atoms with E-state index in [1.807, 2.05) is 30.3 Å². The van der Waals surface area contributed by atoms with Crippen LogP contribution in [-0.2, 0) is 20.9 Å². The molecule has 2 heterocycles. The Morgan fingerprint density at radius 2 is 1.73 bits per heavy atom. The molecule has 12 heteroatoms. The van der Waals surface area contributed by atoms with E-state index in [1.54, 1.807) is 31.5 Å². The SMILES string of the molecule is CC(C)(C)[C@H](NC(=O)C(NC(=O)c1nccn1Cc1ccccc1)C1CCCCC1)C(=O)N1C[C@H]2[C@H](CCC2(F)F)[C@H]1C(=O)O. The molecule has 1 aromatic heterocycles. The smallest absolute Gasteiger partial charge is 0.326 e. The molecule has 3 aliphatic rings. The van der Waals surface area contributed by atoms with E-state index < -0.39 is 71.4 Å². The number of carboxylic acids is 1. The third-order valence-corrected chi connectivity index (χ3v) is 9.75. The van der Waals surface area contributed by atoms with Crippen molar-refractivity contribution in [3.05, 3.63) is 54.1 Å². The Labute approximate surface area is 261 Å². The molecule has 244 valence electrons. The summed E-state index contributed by atoms with van der Waals surface area (Å²) in [6, 6.07) is 6.01. The lowest BCUT2D eigenvalue weighted by Gasteiger charge is -2.37. The molecule has 1 unspecified atom stereocenters. The van der Waals surface area contributed by atoms with E-state index in [1.165, 1.54) is 6.20 Å². The van der Waals surface area contributed by atoms with Gasteiger partial charge in [0.15, 0.2) is 5.82 Å². The van der Waals surface area contributed by atoms with Crippen molar-refractivity contribution in [2.45, 2.75) is 96.3 Å². The van der Waals surface area contributed by atoms with Crippen LogP contribution < -0.4 is 10.6 Å². The van der Waals surface area contributed by atoms with Crippen LogP contribution in [0, 0.1) is 23.2 Å². The fourth-order valence-electron chi connectivity index (χ4n) is 7.35. The van der Waals surface area contributed by atoms with Gasteiger partial charge in [0, 0.05) is 43.7 Å². The quantitative estimate of drug-likeness (QED) is 0.384. The second-order valence-electron chi connectivity index (χ2n) is 13.9. The first-order valence-electron chi connectivity index (χ1n) is 15.9. The van der Waals surface area contributed by atoms with Crippen molar-refractivity contribution in [1.29, 1.82) is 0 Å². The molecule has 3 amide bonds. The van der Waals surface area contributed by atoms with Crippen LogP contribution in [0.15, 0.2) is 42.7 Å². The molecule has 2 aromatic rings. The Morgan fingerprint density at radius 1 is 1.04 bits per heavy atom. The molecule has 3 fully saturated rings. The molecule has 5 atom stereocenters. The van der Waals surface area contributed by atoms with Crippen molar-refractivity contribution in [3.8, 4) is 0 Å². The number of rotatable bonds is 9. The number of imidazole rings is 1. The summed E-state index contributed by atoms with van der Waals surface area (Å²) in [5.41, 5.74) is 0.0874. The average Bonchev–Trinajstić information content (AvgIpc) is 3.70. The number of alkyl halides is 2. The molecule has 0 spiro atoms. The van der Waals surface area contributed by atoms with Crippen molar-refractivity contribution in [2.75, 3.05) is 6.54 Å². The molecule has 10 nitrogen and oxygen atoms in total. The van der Waals surface area contributed by atoms with Gasteiger partial charge in [-0.3, -0.25) is 14.4 Å². The molecule has 0 radical (unpaired) electrons. The number of fused-ring (bicyclic) bond motifs is 1. The lowest BCUT2D eigenvalue weighted by molar-refractivity contribution is -0.152. The zero-order valence-electron chi connectivity index (χ0n) is 26.0. The van der Waals surface area contributed by atoms with Gasteiger partial charge >= 0.3 is 5.97 Å². The number of nitrogens with one attached hydrogen (secondary N) is 2. The van der Waals surface area contributed by atoms with Gasteiger partial charge < -0.3 is 25.2 Å². The van der Waals surface area contributed by atoms with E-state index in [0.29, 0.717) is 19.4 Å². The first-order chi connectivity index (χ1) is 21.3. The minimum atomic E-state index is -3.06. The maximum absolute atomic E-state index is 14.7. The van der Waals surface area contributed by atoms with Gasteiger partial charge in [-0.05, 0) is 36.2 Å². The molecule has 5 rings (SSSR count). The average molecular weight is 628 g/mol. The Kier molecular flexibility index (Phi) is 9.32. The van der Waals surface area contributed by atoms with Crippen LogP contribution in [0.4, 0.5) is 8.78 Å². The van der Waals surface area contributed by atoms with E-state index in [2.05, 4.69) is 15.6 Å². The van der Waals surface area contributed by atoms with Crippen LogP contribution in [-0.4, -0.2) is 73.8 Å². The lowest BCUT2D eigenvalue weighted by atomic mass is 9.82. The monoisotopic (exact) mass is 627 g/mol. The lowest BCUT2D eigenvalue weighted by Crippen LogP contribution is -2.61. The molecule has 1 saturated heterocycles. The zero-order chi connectivity index (χ0) is 32.5. The number of carbonyl (C=O) groups is 4. The highest BCUT2D eigenvalue weighted by Crippen LogP contribution is 2.51. The Morgan fingerprint density at radius 3 is 2.38 bits per heavy atom. The number of carbonyl (C=O) groups excluding carboxylic acids is 3. The van der Waals surface area contributed by atoms with Crippen molar-refractivity contribution < 1.29 is 33.1 Å². The first kappa shape index (κ1) is 32.6. The number of halogens is 2. The van der Waals surface area contributed by atoms with Crippen molar-refractivity contribution in [3.63, 3.8) is 0 Å². The summed E-state index contributed by atoms with van der Waals surface area (Å²) in [6.45, 7) is 5.21. The molecule has 45 heavy (non-hydrogen) atoms. The highest BCUT2D eigenvalue weighted by atomic mass is 19.3. The fourth-order valence-corrected chi connectivity index (χ4v) is 7.35. The summed E-state index contributed by atoms with van der Waals surface area (Å²) in [5, 5.41) is 15.7. The topological polar surface area (TPSA) is 134 Å². The van der Waals surface area contributed by atoms with Gasteiger partial charge in [0.2, 0.25) is 11.8 Å². The van der Waals surface area contributed by atoms with E-state index in [0.717, 1.165) is 29.7 Å². The number of nitrogens with zero attached hydrogens (tertiary/aromatic N) is 3. The summed E-state index contributed by atoms with van der Waals surface area (Å²) in [7, 11) is 0. The van der Waals surface area contributed by atoms with Crippen LogP contribution in [0.1, 0.15) is 81.9 Å². The number of aromatic nitrogens is 2. The fraction of sp³-hybridized carbons (Fsp3) is 0.606. The molecule has 0 bridgehead atoms. The second-order valence-corrected chi connectivity index (χ2v) is 13.9. The number of aliphatic carboxylic acids is 1. The van der Waals surface area contributed by atoms with Crippen molar-refractivity contribution in [2.24, 2.45) is 23.2 Å². The van der Waals surface area contributed by atoms with Gasteiger partial charge in [0.05, 0.1) is 0 Å². The minimum absolute atomic E-state index is 0.0147. The molecule has 2 saturated carbocycles. The molecule has 1 aromatic carbocycles. The largest absolute Gasteiger partial charge is 0.480 e. The van der Waals surface area contributed by atoms with Gasteiger partial charge in [-0.2, -0.15) is 0 Å². The third kappa shape index (κ3) is 6.89. The summed E-state index contributed by atoms with van der Waals surface area (Å²) in [4.78, 5) is 59.2. The second kappa shape index (κ2) is 12.9. The molecular weight excluding hydrogens is 584 g/mol. The number of hydrogen-bond donors (Lipinski definition) is 3. The van der Waals surface area contributed by atoms with Crippen molar-refractivity contribution in [1.82, 2.24) is 25.1 Å². The van der Waals surface area contributed by atoms with E-state index in [-0.39, 0.29) is 24.7 Å². The molecular formula is C33H43F2N5O5. The minimum Gasteiger partial charge on any atom is -0.480 e. The van der Waals surface area contributed by atoms with Crippen LogP contribution in [0.25, 0.3) is 0 Å². The summed E-state index contributed by atoms with van der Waals surface area (Å²) >= 11 is 0. The van der Waals surface area contributed by atoms with E-state index >= 15 is 0 Å². The summed E-state index contributed by atoms with van der Waals surface area (Å²) in [6.07, 6.45) is 7.03. The first-order valence-corrected chi connectivity index (χ1v) is 15.9. The van der Waals surface area contributed by atoms with Crippen LogP contribution >= 0.6 is 0 Å². The number of likely N-dealkylation sites (tertiary alicyclic amines) is 1. The van der Waals surface area contributed by atoms with Gasteiger partial charge in [-0.1, -0.05) is 70.4 Å². The Bertz CT molecular complexity index is 1400. The predicted molar refractivity (Wildman–Crippen MR) is 161 cm³/mol. The van der Waals surface area contributed by atoms with Gasteiger partial charge in [0.25, 0.3) is 11.8 Å². The third-order valence-electron chi connectivity index (χ3n) is 9.75. The van der Waals surface area contributed by atoms with Crippen LogP contribution in [0.3, 0.4) is 0 Å². The van der Waals surface area contributed by atoms with Crippen molar-refractivity contribution >= 4 is 23.7 Å². The number of amides is 3.